The highest BCUT2D eigenvalue weighted by Crippen LogP contribution is 2.39. The van der Waals surface area contributed by atoms with Crippen LogP contribution in [0.15, 0.2) is 0 Å². The summed E-state index contributed by atoms with van der Waals surface area (Å²) >= 11 is 0. The van der Waals surface area contributed by atoms with Crippen LogP contribution >= 0.6 is 0 Å². The van der Waals surface area contributed by atoms with Crippen molar-refractivity contribution in [3.05, 3.63) is 0 Å². The molecule has 1 aliphatic heterocycles. The average Bonchev–Trinajstić information content (AvgIpc) is 2.50. The lowest BCUT2D eigenvalue weighted by Gasteiger charge is -2.37. The first kappa shape index (κ1) is 8.97. The zero-order valence-electron chi connectivity index (χ0n) is 7.58. The first-order valence-electron chi connectivity index (χ1n) is 4.82. The van der Waals surface area contributed by atoms with Gasteiger partial charge in [-0.05, 0) is 19.3 Å². The Balaban J connectivity index is 2.13. The summed E-state index contributed by atoms with van der Waals surface area (Å²) < 4.78 is 5.66. The number of rotatable bonds is 1. The van der Waals surface area contributed by atoms with Crippen molar-refractivity contribution in [2.75, 3.05) is 19.7 Å². The van der Waals surface area contributed by atoms with E-state index in [1.54, 1.807) is 0 Å². The average molecular weight is 185 g/mol. The van der Waals surface area contributed by atoms with Crippen molar-refractivity contribution in [1.82, 2.24) is 5.32 Å². The maximum atomic E-state index is 11.0. The molecule has 0 aromatic carbocycles. The van der Waals surface area contributed by atoms with E-state index in [4.69, 9.17) is 9.84 Å². The monoisotopic (exact) mass is 185 g/mol. The molecule has 0 radical (unpaired) electrons. The van der Waals surface area contributed by atoms with Crippen molar-refractivity contribution in [2.24, 2.45) is 5.92 Å². The molecule has 1 saturated heterocycles. The molecule has 4 nitrogen and oxygen atoms in total. The minimum Gasteiger partial charge on any atom is -0.481 e. The highest BCUT2D eigenvalue weighted by Gasteiger charge is 2.48. The number of nitrogens with one attached hydrogen (secondary N) is 1. The Morgan fingerprint density at radius 2 is 2.46 bits per heavy atom. The molecule has 1 saturated carbocycles. The van der Waals surface area contributed by atoms with E-state index in [2.05, 4.69) is 5.32 Å². The van der Waals surface area contributed by atoms with Gasteiger partial charge in [0.25, 0.3) is 0 Å². The number of carboxylic acids is 1. The topological polar surface area (TPSA) is 58.6 Å². The molecule has 0 amide bonds. The van der Waals surface area contributed by atoms with Crippen molar-refractivity contribution in [3.8, 4) is 0 Å². The van der Waals surface area contributed by atoms with Crippen molar-refractivity contribution < 1.29 is 14.6 Å². The van der Waals surface area contributed by atoms with Crippen molar-refractivity contribution >= 4 is 5.97 Å². The Bertz CT molecular complexity index is 211. The summed E-state index contributed by atoms with van der Waals surface area (Å²) in [6.07, 6.45) is 2.62. The molecular formula is C9H15NO3. The van der Waals surface area contributed by atoms with E-state index in [9.17, 15) is 4.79 Å². The third-order valence-corrected chi connectivity index (χ3v) is 3.12. The molecule has 2 rings (SSSR count). The molecule has 2 fully saturated rings. The maximum Gasteiger partial charge on any atom is 0.309 e. The van der Waals surface area contributed by atoms with Gasteiger partial charge in [-0.3, -0.25) is 4.79 Å². The van der Waals surface area contributed by atoms with Gasteiger partial charge in [-0.1, -0.05) is 0 Å². The summed E-state index contributed by atoms with van der Waals surface area (Å²) in [5.41, 5.74) is -0.399. The van der Waals surface area contributed by atoms with Gasteiger partial charge in [0, 0.05) is 13.1 Å². The number of hydrogen-bond acceptors (Lipinski definition) is 3. The van der Waals surface area contributed by atoms with Gasteiger partial charge in [0.2, 0.25) is 0 Å². The van der Waals surface area contributed by atoms with Crippen LogP contribution in [0.2, 0.25) is 0 Å². The minimum absolute atomic E-state index is 0.305. The molecule has 2 aliphatic rings. The smallest absolute Gasteiger partial charge is 0.309 e. The second-order valence-corrected chi connectivity index (χ2v) is 3.87. The van der Waals surface area contributed by atoms with Gasteiger partial charge in [-0.25, -0.2) is 0 Å². The standard InChI is InChI=1S/C9H15NO3/c11-8(12)7-2-1-3-9(7)6-10-4-5-13-9/h7,10H,1-6H2,(H,11,12). The molecule has 0 aromatic heterocycles. The fraction of sp³-hybridized carbons (Fsp3) is 0.889. The molecule has 1 aliphatic carbocycles. The Morgan fingerprint density at radius 3 is 3.08 bits per heavy atom. The summed E-state index contributed by atoms with van der Waals surface area (Å²) in [5, 5.41) is 12.2. The number of hydrogen-bond donors (Lipinski definition) is 2. The van der Waals surface area contributed by atoms with E-state index in [0.29, 0.717) is 13.2 Å². The van der Waals surface area contributed by atoms with E-state index in [1.807, 2.05) is 0 Å². The van der Waals surface area contributed by atoms with E-state index in [-0.39, 0.29) is 5.92 Å². The summed E-state index contributed by atoms with van der Waals surface area (Å²) in [7, 11) is 0. The van der Waals surface area contributed by atoms with Crippen LogP contribution in [0.25, 0.3) is 0 Å². The second kappa shape index (κ2) is 3.27. The number of ether oxygens (including phenoxy) is 1. The molecule has 74 valence electrons. The molecule has 13 heavy (non-hydrogen) atoms. The highest BCUT2D eigenvalue weighted by atomic mass is 16.5. The molecule has 1 spiro atoms. The van der Waals surface area contributed by atoms with Crippen LogP contribution in [-0.4, -0.2) is 36.4 Å². The molecule has 2 atom stereocenters. The Labute approximate surface area is 77.3 Å². The Kier molecular flexibility index (Phi) is 2.26. The van der Waals surface area contributed by atoms with Crippen LogP contribution in [0.4, 0.5) is 0 Å². The van der Waals surface area contributed by atoms with Crippen LogP contribution in [0.1, 0.15) is 19.3 Å². The van der Waals surface area contributed by atoms with Crippen LogP contribution < -0.4 is 5.32 Å². The SMILES string of the molecule is O=C(O)C1CCCC12CNCCO2. The molecule has 0 aromatic rings. The number of morpholine rings is 1. The fourth-order valence-corrected chi connectivity index (χ4v) is 2.45. The third kappa shape index (κ3) is 1.44. The van der Waals surface area contributed by atoms with Crippen molar-refractivity contribution in [1.29, 1.82) is 0 Å². The molecule has 2 N–H and O–H groups in total. The normalized spacial score (nSPS) is 39.5. The van der Waals surface area contributed by atoms with Crippen LogP contribution in [0.3, 0.4) is 0 Å². The molecule has 4 heteroatoms. The zero-order chi connectivity index (χ0) is 9.31. The van der Waals surface area contributed by atoms with E-state index >= 15 is 0 Å². The van der Waals surface area contributed by atoms with Crippen molar-refractivity contribution in [2.45, 2.75) is 24.9 Å². The van der Waals surface area contributed by atoms with Gasteiger partial charge in [-0.2, -0.15) is 0 Å². The predicted molar refractivity (Wildman–Crippen MR) is 46.5 cm³/mol. The van der Waals surface area contributed by atoms with E-state index in [0.717, 1.165) is 25.8 Å². The van der Waals surface area contributed by atoms with Crippen molar-refractivity contribution in [3.63, 3.8) is 0 Å². The van der Waals surface area contributed by atoms with Crippen LogP contribution in [0, 0.1) is 5.92 Å². The number of carbonyl (C=O) groups is 1. The summed E-state index contributed by atoms with van der Waals surface area (Å²) in [4.78, 5) is 11.0. The largest absolute Gasteiger partial charge is 0.481 e. The molecule has 0 bridgehead atoms. The first-order chi connectivity index (χ1) is 6.25. The van der Waals surface area contributed by atoms with Crippen LogP contribution in [-0.2, 0) is 9.53 Å². The van der Waals surface area contributed by atoms with Gasteiger partial charge in [-0.15, -0.1) is 0 Å². The predicted octanol–water partition coefficient (Wildman–Crippen LogP) is 0.230. The summed E-state index contributed by atoms with van der Waals surface area (Å²) in [5.74, 6) is -1.01. The molecule has 2 unspecified atom stereocenters. The Morgan fingerprint density at radius 1 is 1.62 bits per heavy atom. The maximum absolute atomic E-state index is 11.0. The quantitative estimate of drug-likeness (QED) is 0.614. The molecule has 1 heterocycles. The molecular weight excluding hydrogens is 170 g/mol. The number of aliphatic carboxylic acids is 1. The lowest BCUT2D eigenvalue weighted by atomic mass is 9.89. The van der Waals surface area contributed by atoms with Gasteiger partial charge in [0.15, 0.2) is 0 Å². The summed E-state index contributed by atoms with van der Waals surface area (Å²) in [6, 6.07) is 0. The van der Waals surface area contributed by atoms with Gasteiger partial charge in [0.1, 0.15) is 0 Å². The third-order valence-electron chi connectivity index (χ3n) is 3.12. The number of carboxylic acid groups (broad SMARTS) is 1. The lowest BCUT2D eigenvalue weighted by Crippen LogP contribution is -2.53. The second-order valence-electron chi connectivity index (χ2n) is 3.87. The highest BCUT2D eigenvalue weighted by molar-refractivity contribution is 5.72. The Hall–Kier alpha value is -0.610. The minimum atomic E-state index is -0.707. The van der Waals surface area contributed by atoms with E-state index in [1.165, 1.54) is 0 Å². The van der Waals surface area contributed by atoms with Gasteiger partial charge >= 0.3 is 5.97 Å². The van der Waals surface area contributed by atoms with Crippen LogP contribution in [0.5, 0.6) is 0 Å². The van der Waals surface area contributed by atoms with Gasteiger partial charge < -0.3 is 15.2 Å². The fourth-order valence-electron chi connectivity index (χ4n) is 2.45. The van der Waals surface area contributed by atoms with E-state index < -0.39 is 11.6 Å². The first-order valence-corrected chi connectivity index (χ1v) is 4.82. The van der Waals surface area contributed by atoms with Gasteiger partial charge in [0.05, 0.1) is 18.1 Å². The summed E-state index contributed by atoms with van der Waals surface area (Å²) in [6.45, 7) is 2.18. The zero-order valence-corrected chi connectivity index (χ0v) is 7.58. The lowest BCUT2D eigenvalue weighted by molar-refractivity contribution is -0.157.